The Hall–Kier alpha value is -0.770. The van der Waals surface area contributed by atoms with E-state index in [2.05, 4.69) is 5.32 Å². The minimum Gasteiger partial charge on any atom is -0.381 e. The van der Waals surface area contributed by atoms with Crippen LogP contribution in [0.5, 0.6) is 0 Å². The van der Waals surface area contributed by atoms with Crippen molar-refractivity contribution in [1.82, 2.24) is 10.2 Å². The standard InChI is InChI=1S/C9H18N2O2/c1-3-10-9(12)11(2)8-4-6-13-7-5-8/h8H,3-7H2,1-2H3,(H,10,12). The number of carbonyl (C=O) groups is 1. The molecule has 1 rings (SSSR count). The van der Waals surface area contributed by atoms with E-state index in [1.807, 2.05) is 14.0 Å². The van der Waals surface area contributed by atoms with Crippen LogP contribution >= 0.6 is 0 Å². The number of amides is 2. The Morgan fingerprint density at radius 2 is 2.15 bits per heavy atom. The van der Waals surface area contributed by atoms with E-state index in [4.69, 9.17) is 4.74 Å². The molecule has 0 aromatic carbocycles. The minimum atomic E-state index is 0.0226. The van der Waals surface area contributed by atoms with E-state index < -0.39 is 0 Å². The van der Waals surface area contributed by atoms with Crippen molar-refractivity contribution in [2.24, 2.45) is 0 Å². The molecule has 13 heavy (non-hydrogen) atoms. The van der Waals surface area contributed by atoms with Crippen LogP contribution in [-0.4, -0.2) is 43.8 Å². The molecular formula is C9H18N2O2. The molecule has 1 saturated heterocycles. The summed E-state index contributed by atoms with van der Waals surface area (Å²) in [6, 6.07) is 0.370. The van der Waals surface area contributed by atoms with Crippen molar-refractivity contribution in [2.45, 2.75) is 25.8 Å². The maximum absolute atomic E-state index is 11.4. The van der Waals surface area contributed by atoms with Gasteiger partial charge in [0.2, 0.25) is 0 Å². The molecule has 0 unspecified atom stereocenters. The third-order valence-corrected chi connectivity index (χ3v) is 2.39. The van der Waals surface area contributed by atoms with E-state index in [1.165, 1.54) is 0 Å². The zero-order chi connectivity index (χ0) is 9.68. The molecule has 0 bridgehead atoms. The number of nitrogens with zero attached hydrogens (tertiary/aromatic N) is 1. The van der Waals surface area contributed by atoms with Crippen LogP contribution < -0.4 is 5.32 Å². The second kappa shape index (κ2) is 5.07. The van der Waals surface area contributed by atoms with E-state index in [0.29, 0.717) is 12.6 Å². The van der Waals surface area contributed by atoms with Gasteiger partial charge >= 0.3 is 6.03 Å². The Morgan fingerprint density at radius 1 is 1.54 bits per heavy atom. The summed E-state index contributed by atoms with van der Waals surface area (Å²) in [4.78, 5) is 13.2. The second-order valence-electron chi connectivity index (χ2n) is 3.29. The summed E-state index contributed by atoms with van der Waals surface area (Å²) in [6.07, 6.45) is 1.90. The van der Waals surface area contributed by atoms with Gasteiger partial charge in [-0.2, -0.15) is 0 Å². The van der Waals surface area contributed by atoms with Crippen LogP contribution in [0.25, 0.3) is 0 Å². The van der Waals surface area contributed by atoms with Crippen molar-refractivity contribution in [2.75, 3.05) is 26.8 Å². The van der Waals surface area contributed by atoms with E-state index in [0.717, 1.165) is 26.1 Å². The number of ether oxygens (including phenoxy) is 1. The maximum atomic E-state index is 11.4. The molecule has 1 N–H and O–H groups in total. The molecule has 0 aromatic heterocycles. The van der Waals surface area contributed by atoms with Crippen LogP contribution in [-0.2, 0) is 4.74 Å². The number of rotatable bonds is 2. The topological polar surface area (TPSA) is 41.6 Å². The quantitative estimate of drug-likeness (QED) is 0.694. The van der Waals surface area contributed by atoms with Crippen molar-refractivity contribution >= 4 is 6.03 Å². The summed E-state index contributed by atoms with van der Waals surface area (Å²) in [5.41, 5.74) is 0. The smallest absolute Gasteiger partial charge is 0.317 e. The lowest BCUT2D eigenvalue weighted by Gasteiger charge is -2.31. The first-order chi connectivity index (χ1) is 6.25. The molecule has 0 radical (unpaired) electrons. The molecule has 76 valence electrons. The average molecular weight is 186 g/mol. The largest absolute Gasteiger partial charge is 0.381 e. The summed E-state index contributed by atoms with van der Waals surface area (Å²) in [6.45, 7) is 4.16. The van der Waals surface area contributed by atoms with E-state index >= 15 is 0 Å². The predicted molar refractivity (Wildman–Crippen MR) is 50.7 cm³/mol. The lowest BCUT2D eigenvalue weighted by molar-refractivity contribution is 0.0527. The van der Waals surface area contributed by atoms with Gasteiger partial charge in [0.25, 0.3) is 0 Å². The van der Waals surface area contributed by atoms with E-state index in [9.17, 15) is 4.79 Å². The summed E-state index contributed by atoms with van der Waals surface area (Å²) in [5, 5.41) is 2.79. The van der Waals surface area contributed by atoms with Crippen molar-refractivity contribution in [3.8, 4) is 0 Å². The van der Waals surface area contributed by atoms with Crippen LogP contribution in [0.1, 0.15) is 19.8 Å². The maximum Gasteiger partial charge on any atom is 0.317 e. The van der Waals surface area contributed by atoms with Gasteiger partial charge < -0.3 is 15.0 Å². The molecular weight excluding hydrogens is 168 g/mol. The molecule has 0 atom stereocenters. The normalized spacial score (nSPS) is 18.3. The van der Waals surface area contributed by atoms with Crippen LogP contribution in [0.3, 0.4) is 0 Å². The molecule has 0 aliphatic carbocycles. The zero-order valence-electron chi connectivity index (χ0n) is 8.38. The zero-order valence-corrected chi connectivity index (χ0v) is 8.38. The van der Waals surface area contributed by atoms with Crippen molar-refractivity contribution in [1.29, 1.82) is 0 Å². The van der Waals surface area contributed by atoms with Crippen molar-refractivity contribution in [3.05, 3.63) is 0 Å². The molecule has 1 fully saturated rings. The molecule has 0 aromatic rings. The van der Waals surface area contributed by atoms with Crippen LogP contribution in [0.15, 0.2) is 0 Å². The average Bonchev–Trinajstić information content (AvgIpc) is 2.18. The number of urea groups is 1. The fourth-order valence-corrected chi connectivity index (χ4v) is 1.51. The second-order valence-corrected chi connectivity index (χ2v) is 3.29. The van der Waals surface area contributed by atoms with Crippen molar-refractivity contribution in [3.63, 3.8) is 0 Å². The Kier molecular flexibility index (Phi) is 4.02. The highest BCUT2D eigenvalue weighted by molar-refractivity contribution is 5.74. The minimum absolute atomic E-state index is 0.0226. The summed E-state index contributed by atoms with van der Waals surface area (Å²) in [7, 11) is 1.85. The molecule has 4 heteroatoms. The van der Waals surface area contributed by atoms with Crippen LogP contribution in [0, 0.1) is 0 Å². The first-order valence-corrected chi connectivity index (χ1v) is 4.84. The number of hydrogen-bond acceptors (Lipinski definition) is 2. The summed E-state index contributed by atoms with van der Waals surface area (Å²) >= 11 is 0. The Bertz CT molecular complexity index is 167. The third kappa shape index (κ3) is 2.88. The molecule has 0 saturated carbocycles. The summed E-state index contributed by atoms with van der Waals surface area (Å²) < 4.78 is 5.23. The first kappa shape index (κ1) is 10.3. The van der Waals surface area contributed by atoms with Gasteiger partial charge in [-0.25, -0.2) is 4.79 Å². The van der Waals surface area contributed by atoms with Gasteiger partial charge in [-0.3, -0.25) is 0 Å². The van der Waals surface area contributed by atoms with E-state index in [-0.39, 0.29) is 6.03 Å². The predicted octanol–water partition coefficient (Wildman–Crippen LogP) is 0.827. The van der Waals surface area contributed by atoms with Gasteiger partial charge in [-0.1, -0.05) is 0 Å². The fraction of sp³-hybridized carbons (Fsp3) is 0.889. The Balaban J connectivity index is 2.35. The van der Waals surface area contributed by atoms with Gasteiger partial charge in [-0.15, -0.1) is 0 Å². The Morgan fingerprint density at radius 3 is 2.69 bits per heavy atom. The van der Waals surface area contributed by atoms with E-state index in [1.54, 1.807) is 4.90 Å². The van der Waals surface area contributed by atoms with Gasteiger partial charge in [0.1, 0.15) is 0 Å². The lowest BCUT2D eigenvalue weighted by Crippen LogP contribution is -2.45. The molecule has 4 nitrogen and oxygen atoms in total. The van der Waals surface area contributed by atoms with Gasteiger partial charge in [0.15, 0.2) is 0 Å². The molecule has 1 aliphatic rings. The molecule has 1 heterocycles. The summed E-state index contributed by atoms with van der Waals surface area (Å²) in [5.74, 6) is 0. The highest BCUT2D eigenvalue weighted by atomic mass is 16.5. The molecule has 1 aliphatic heterocycles. The molecule has 2 amide bonds. The highest BCUT2D eigenvalue weighted by Crippen LogP contribution is 2.12. The highest BCUT2D eigenvalue weighted by Gasteiger charge is 2.21. The SMILES string of the molecule is CCNC(=O)N(C)C1CCOCC1. The third-order valence-electron chi connectivity index (χ3n) is 2.39. The number of nitrogens with one attached hydrogen (secondary N) is 1. The number of carbonyl (C=O) groups excluding carboxylic acids is 1. The van der Waals surface area contributed by atoms with Crippen LogP contribution in [0.4, 0.5) is 4.79 Å². The molecule has 0 spiro atoms. The van der Waals surface area contributed by atoms with Gasteiger partial charge in [0.05, 0.1) is 0 Å². The monoisotopic (exact) mass is 186 g/mol. The van der Waals surface area contributed by atoms with Gasteiger partial charge in [0, 0.05) is 32.8 Å². The number of hydrogen-bond donors (Lipinski definition) is 1. The van der Waals surface area contributed by atoms with Crippen LogP contribution in [0.2, 0.25) is 0 Å². The lowest BCUT2D eigenvalue weighted by atomic mass is 10.1. The van der Waals surface area contributed by atoms with Crippen molar-refractivity contribution < 1.29 is 9.53 Å². The van der Waals surface area contributed by atoms with Gasteiger partial charge in [-0.05, 0) is 19.8 Å². The first-order valence-electron chi connectivity index (χ1n) is 4.84. The fourth-order valence-electron chi connectivity index (χ4n) is 1.51. The Labute approximate surface area is 79.2 Å².